The number of allylic oxidation sites excluding steroid dienone is 6. The molecule has 7 nitrogen and oxygen atoms in total. The Hall–Kier alpha value is -4.78. The number of aromatic nitrogens is 1. The number of benzene rings is 2. The number of unbranched alkanes of at least 4 members (excludes halogenated alkanes) is 3. The molecule has 2 aromatic carbocycles. The van der Waals surface area contributed by atoms with Crippen LogP contribution in [-0.2, 0) is 15.6 Å². The fourth-order valence-electron chi connectivity index (χ4n) is 7.14. The number of para-hydroxylation sites is 2. The van der Waals surface area contributed by atoms with Gasteiger partial charge in [-0.1, -0.05) is 76.1 Å². The number of pyridine rings is 1. The highest BCUT2D eigenvalue weighted by molar-refractivity contribution is 6.04. The van der Waals surface area contributed by atoms with Crippen molar-refractivity contribution in [1.29, 1.82) is 0 Å². The molecule has 1 aromatic heterocycles. The van der Waals surface area contributed by atoms with Crippen molar-refractivity contribution >= 4 is 34.5 Å². The first-order valence-electron chi connectivity index (χ1n) is 17.6. The van der Waals surface area contributed by atoms with Crippen LogP contribution in [0.5, 0.6) is 0 Å². The lowest BCUT2D eigenvalue weighted by atomic mass is 9.81. The number of aliphatic carboxylic acids is 1. The maximum atomic E-state index is 12.9. The van der Waals surface area contributed by atoms with E-state index in [0.29, 0.717) is 18.5 Å². The number of amides is 1. The van der Waals surface area contributed by atoms with Gasteiger partial charge >= 0.3 is 5.97 Å². The molecular weight excluding hydrogens is 608 g/mol. The summed E-state index contributed by atoms with van der Waals surface area (Å²) < 4.78 is 2.27. The second-order valence-corrected chi connectivity index (χ2v) is 14.1. The lowest BCUT2D eigenvalue weighted by molar-refractivity contribution is -0.401. The third-order valence-corrected chi connectivity index (χ3v) is 9.99. The largest absolute Gasteiger partial charge is 0.481 e. The van der Waals surface area contributed by atoms with E-state index < -0.39 is 5.97 Å². The Balaban J connectivity index is 1.47. The van der Waals surface area contributed by atoms with E-state index in [1.165, 1.54) is 33.9 Å². The second kappa shape index (κ2) is 15.2. The molecule has 3 aromatic rings. The van der Waals surface area contributed by atoms with Crippen LogP contribution in [-0.4, -0.2) is 52.4 Å². The van der Waals surface area contributed by atoms with Gasteiger partial charge in [0.2, 0.25) is 5.69 Å². The van der Waals surface area contributed by atoms with Crippen LogP contribution in [0.25, 0.3) is 5.57 Å². The zero-order valence-corrected chi connectivity index (χ0v) is 29.9. The zero-order valence-electron chi connectivity index (χ0n) is 29.9. The standard InChI is InChI=1S/C42H50N4O3/c1-7-8-28-46-36-19-14-12-17-33(36)42(4,5)38(46)26-23-30(22-25-37-41(2,3)32-16-11-13-18-35(32)45(37)6)34-24-21-31(29-44-34)40(49)43-27-15-9-10-20-39(47)48/h11-14,16-19,21-26,29H,7-10,15,20,27-28H2,1-6H3,(H-,43,47,48,49)/p+1. The van der Waals surface area contributed by atoms with Crippen LogP contribution < -0.4 is 10.2 Å². The highest BCUT2D eigenvalue weighted by atomic mass is 16.4. The summed E-state index contributed by atoms with van der Waals surface area (Å²) in [5.41, 5.74) is 9.48. The summed E-state index contributed by atoms with van der Waals surface area (Å²) in [4.78, 5) is 30.9. The minimum absolute atomic E-state index is 0.154. The summed E-state index contributed by atoms with van der Waals surface area (Å²) >= 11 is 0. The number of nitrogens with one attached hydrogen (secondary N) is 1. The maximum Gasteiger partial charge on any atom is 0.303 e. The quantitative estimate of drug-likeness (QED) is 0.103. The van der Waals surface area contributed by atoms with Gasteiger partial charge in [0.15, 0.2) is 5.71 Å². The summed E-state index contributed by atoms with van der Waals surface area (Å²) in [6.45, 7) is 12.8. The Kier molecular flexibility index (Phi) is 11.0. The molecule has 49 heavy (non-hydrogen) atoms. The average molecular weight is 660 g/mol. The van der Waals surface area contributed by atoms with E-state index in [2.05, 4.69) is 129 Å². The summed E-state index contributed by atoms with van der Waals surface area (Å²) in [7, 11) is 2.13. The molecule has 2 N–H and O–H groups in total. The molecule has 3 heterocycles. The van der Waals surface area contributed by atoms with Gasteiger partial charge in [-0.3, -0.25) is 14.6 Å². The molecule has 0 saturated heterocycles. The number of carboxylic acids is 1. The smallest absolute Gasteiger partial charge is 0.303 e. The Morgan fingerprint density at radius 1 is 0.918 bits per heavy atom. The predicted molar refractivity (Wildman–Crippen MR) is 200 cm³/mol. The molecule has 0 unspecified atom stereocenters. The van der Waals surface area contributed by atoms with Crippen LogP contribution in [0.4, 0.5) is 11.4 Å². The Morgan fingerprint density at radius 3 is 2.35 bits per heavy atom. The van der Waals surface area contributed by atoms with E-state index in [4.69, 9.17) is 10.1 Å². The number of carbonyl (C=O) groups excluding carboxylic acids is 1. The van der Waals surface area contributed by atoms with E-state index in [1.54, 1.807) is 6.20 Å². The van der Waals surface area contributed by atoms with Gasteiger partial charge in [-0.15, -0.1) is 0 Å². The van der Waals surface area contributed by atoms with Crippen LogP contribution in [0.15, 0.2) is 96.9 Å². The number of carbonyl (C=O) groups is 2. The molecule has 0 fully saturated rings. The van der Waals surface area contributed by atoms with Crippen LogP contribution in [0, 0.1) is 0 Å². The molecule has 0 spiro atoms. The van der Waals surface area contributed by atoms with E-state index >= 15 is 0 Å². The van der Waals surface area contributed by atoms with Crippen molar-refractivity contribution in [3.05, 3.63) is 119 Å². The summed E-state index contributed by atoms with van der Waals surface area (Å²) in [6, 6.07) is 21.0. The van der Waals surface area contributed by atoms with Gasteiger partial charge in [0.1, 0.15) is 7.05 Å². The minimum atomic E-state index is -0.789. The number of carboxylic acid groups (broad SMARTS) is 1. The van der Waals surface area contributed by atoms with Gasteiger partial charge in [-0.25, -0.2) is 0 Å². The topological polar surface area (TPSA) is 85.5 Å². The zero-order chi connectivity index (χ0) is 35.2. The number of fused-ring (bicyclic) bond motifs is 2. The second-order valence-electron chi connectivity index (χ2n) is 14.1. The first kappa shape index (κ1) is 35.5. The highest BCUT2D eigenvalue weighted by Crippen LogP contribution is 2.48. The Morgan fingerprint density at radius 2 is 1.65 bits per heavy atom. The Bertz CT molecular complexity index is 1810. The van der Waals surface area contributed by atoms with E-state index in [9.17, 15) is 9.59 Å². The number of hydrogen-bond acceptors (Lipinski definition) is 4. The van der Waals surface area contributed by atoms with Gasteiger partial charge in [-0.2, -0.15) is 4.58 Å². The normalized spacial score (nSPS) is 17.1. The molecule has 0 atom stereocenters. The lowest BCUT2D eigenvalue weighted by Gasteiger charge is -2.27. The molecule has 7 heteroatoms. The molecule has 0 radical (unpaired) electrons. The van der Waals surface area contributed by atoms with Gasteiger partial charge < -0.3 is 15.3 Å². The SMILES string of the molecule is CCCCN1C(=CC=C(C=CC2=[N+](C)c3ccccc3C2(C)C)c2ccc(C(=O)NCCCCCC(=O)O)cn2)C(C)(C)c2ccccc21. The van der Waals surface area contributed by atoms with Crippen molar-refractivity contribution in [2.75, 3.05) is 25.0 Å². The molecule has 0 aliphatic carbocycles. The number of nitrogens with zero attached hydrogens (tertiary/aromatic N) is 3. The maximum absolute atomic E-state index is 12.9. The Labute approximate surface area is 291 Å². The first-order chi connectivity index (χ1) is 23.5. The van der Waals surface area contributed by atoms with Gasteiger partial charge in [0.05, 0.1) is 16.7 Å². The van der Waals surface area contributed by atoms with Gasteiger partial charge in [-0.05, 0) is 69.0 Å². The van der Waals surface area contributed by atoms with Crippen molar-refractivity contribution in [3.8, 4) is 0 Å². The van der Waals surface area contributed by atoms with Gasteiger partial charge in [0, 0.05) is 65.8 Å². The molecule has 0 saturated carbocycles. The van der Waals surface area contributed by atoms with Crippen LogP contribution in [0.1, 0.15) is 100 Å². The lowest BCUT2D eigenvalue weighted by Crippen LogP contribution is -2.27. The fourth-order valence-corrected chi connectivity index (χ4v) is 7.14. The van der Waals surface area contributed by atoms with Gasteiger partial charge in [0.25, 0.3) is 5.91 Å². The molecule has 256 valence electrons. The number of rotatable bonds is 14. The number of hydrogen-bond donors (Lipinski definition) is 2. The molecule has 5 rings (SSSR count). The summed E-state index contributed by atoms with van der Waals surface area (Å²) in [6.07, 6.45) is 14.9. The molecule has 0 bridgehead atoms. The van der Waals surface area contributed by atoms with E-state index in [0.717, 1.165) is 43.5 Å². The van der Waals surface area contributed by atoms with Crippen molar-refractivity contribution in [2.45, 2.75) is 84.0 Å². The third-order valence-electron chi connectivity index (χ3n) is 9.99. The molecular formula is C42H51N4O3+. The predicted octanol–water partition coefficient (Wildman–Crippen LogP) is 8.58. The summed E-state index contributed by atoms with van der Waals surface area (Å²) in [5, 5.41) is 11.8. The van der Waals surface area contributed by atoms with Crippen molar-refractivity contribution < 1.29 is 19.3 Å². The summed E-state index contributed by atoms with van der Waals surface area (Å²) in [5.74, 6) is -0.969. The number of anilines is 1. The fraction of sp³-hybridized carbons (Fsp3) is 0.381. The van der Waals surface area contributed by atoms with Crippen molar-refractivity contribution in [3.63, 3.8) is 0 Å². The van der Waals surface area contributed by atoms with Crippen LogP contribution in [0.2, 0.25) is 0 Å². The average Bonchev–Trinajstić information content (AvgIpc) is 3.42. The van der Waals surface area contributed by atoms with Crippen LogP contribution in [0.3, 0.4) is 0 Å². The minimum Gasteiger partial charge on any atom is -0.481 e. The van der Waals surface area contributed by atoms with Crippen molar-refractivity contribution in [2.24, 2.45) is 0 Å². The van der Waals surface area contributed by atoms with Crippen molar-refractivity contribution in [1.82, 2.24) is 10.3 Å². The third kappa shape index (κ3) is 7.61. The first-order valence-corrected chi connectivity index (χ1v) is 17.6. The molecule has 2 aliphatic rings. The molecule has 1 amide bonds. The van der Waals surface area contributed by atoms with E-state index in [1.807, 2.05) is 12.1 Å². The highest BCUT2D eigenvalue weighted by Gasteiger charge is 2.42. The van der Waals surface area contributed by atoms with E-state index in [-0.39, 0.29) is 23.2 Å². The molecule has 2 aliphatic heterocycles. The monoisotopic (exact) mass is 659 g/mol. The van der Waals surface area contributed by atoms with Crippen LogP contribution >= 0.6 is 0 Å².